The van der Waals surface area contributed by atoms with Crippen LogP contribution >= 0.6 is 0 Å². The maximum absolute atomic E-state index is 13.5. The molecule has 1 aliphatic rings. The first-order chi connectivity index (χ1) is 19.4. The molecule has 1 atom stereocenters. The van der Waals surface area contributed by atoms with Gasteiger partial charge in [0, 0.05) is 56.6 Å². The molecule has 1 fully saturated rings. The van der Waals surface area contributed by atoms with Gasteiger partial charge >= 0.3 is 0 Å². The van der Waals surface area contributed by atoms with Crippen LogP contribution in [0.4, 0.5) is 31.9 Å². The summed E-state index contributed by atoms with van der Waals surface area (Å²) in [5, 5.41) is 5.88. The Balaban J connectivity index is 1.32. The molecule has 0 amide bonds. The minimum atomic E-state index is -3.71. The van der Waals surface area contributed by atoms with E-state index in [2.05, 4.69) is 25.5 Å². The first kappa shape index (κ1) is 30.8. The average Bonchev–Trinajstić information content (AvgIpc) is 2.93. The quantitative estimate of drug-likeness (QED) is 0.314. The highest BCUT2D eigenvalue weighted by Gasteiger charge is 2.25. The van der Waals surface area contributed by atoms with Crippen LogP contribution in [0.25, 0.3) is 0 Å². The smallest absolute Gasteiger partial charge is 0.242 e. The lowest BCUT2D eigenvalue weighted by Gasteiger charge is -2.33. The molecule has 14 heteroatoms. The number of nitrogens with one attached hydrogen (secondary N) is 2. The third-order valence-electron chi connectivity index (χ3n) is 6.90. The zero-order valence-corrected chi connectivity index (χ0v) is 24.6. The number of nitrogens with zero attached hydrogens (tertiary/aromatic N) is 4. The molecule has 2 heterocycles. The number of aromatic nitrogens is 2. The predicted octanol–water partition coefficient (Wildman–Crippen LogP) is 4.01. The van der Waals surface area contributed by atoms with Crippen LogP contribution in [0.15, 0.2) is 59.6 Å². The molecule has 4 rings (SSSR count). The van der Waals surface area contributed by atoms with Crippen molar-refractivity contribution in [3.8, 4) is 0 Å². The molecule has 0 bridgehead atoms. The van der Waals surface area contributed by atoms with E-state index in [4.69, 9.17) is 0 Å². The molecule has 10 nitrogen and oxygen atoms in total. The summed E-state index contributed by atoms with van der Waals surface area (Å²) in [6.45, 7) is 2.49. The minimum absolute atomic E-state index is 0.129. The molecule has 2 N–H and O–H groups in total. The molecule has 3 aromatic rings. The van der Waals surface area contributed by atoms with Crippen molar-refractivity contribution in [2.45, 2.75) is 24.2 Å². The zero-order valence-electron chi connectivity index (χ0n) is 22.9. The fourth-order valence-corrected chi connectivity index (χ4v) is 6.37. The third kappa shape index (κ3) is 8.89. The van der Waals surface area contributed by atoms with Crippen molar-refractivity contribution in [2.75, 3.05) is 55.9 Å². The number of sulfone groups is 1. The minimum Gasteiger partial charge on any atom is -0.340 e. The van der Waals surface area contributed by atoms with Gasteiger partial charge < -0.3 is 15.5 Å². The Bertz CT molecular complexity index is 1560. The topological polar surface area (TPSA) is 125 Å². The molecule has 1 aliphatic heterocycles. The van der Waals surface area contributed by atoms with Crippen LogP contribution in [0, 0.1) is 17.6 Å². The van der Waals surface area contributed by atoms with Crippen molar-refractivity contribution in [3.05, 3.63) is 66.4 Å². The SMILES string of the molecule is CN(CCC1CCCN(CCS(C)(=O)=O)C1)S(=O)(=O)c1ccc(Nc2nccc(Nc3ccc(F)c(F)c3)n2)cc1. The van der Waals surface area contributed by atoms with Gasteiger partial charge in [-0.25, -0.2) is 34.9 Å². The second-order valence-electron chi connectivity index (χ2n) is 10.2. The number of halogens is 2. The number of rotatable bonds is 12. The number of hydrogen-bond donors (Lipinski definition) is 2. The summed E-state index contributed by atoms with van der Waals surface area (Å²) in [4.78, 5) is 10.7. The zero-order chi connectivity index (χ0) is 29.6. The Morgan fingerprint density at radius 1 is 1.00 bits per heavy atom. The highest BCUT2D eigenvalue weighted by molar-refractivity contribution is 7.90. The van der Waals surface area contributed by atoms with Crippen molar-refractivity contribution in [1.82, 2.24) is 19.2 Å². The lowest BCUT2D eigenvalue weighted by Crippen LogP contribution is -2.39. The van der Waals surface area contributed by atoms with E-state index < -0.39 is 31.5 Å². The number of likely N-dealkylation sites (tertiary alicyclic amines) is 1. The lowest BCUT2D eigenvalue weighted by atomic mass is 9.95. The van der Waals surface area contributed by atoms with Crippen molar-refractivity contribution < 1.29 is 25.6 Å². The Labute approximate surface area is 239 Å². The van der Waals surface area contributed by atoms with Crippen molar-refractivity contribution >= 4 is 43.0 Å². The Kier molecular flexibility index (Phi) is 9.89. The average molecular weight is 609 g/mol. The third-order valence-corrected chi connectivity index (χ3v) is 9.70. The number of benzene rings is 2. The van der Waals surface area contributed by atoms with E-state index in [0.717, 1.165) is 38.1 Å². The summed E-state index contributed by atoms with van der Waals surface area (Å²) < 4.78 is 77.3. The maximum atomic E-state index is 13.5. The van der Waals surface area contributed by atoms with Crippen LogP contribution in [-0.4, -0.2) is 81.2 Å². The van der Waals surface area contributed by atoms with E-state index in [0.29, 0.717) is 42.6 Å². The second-order valence-corrected chi connectivity index (χ2v) is 14.5. The highest BCUT2D eigenvalue weighted by Crippen LogP contribution is 2.24. The fraction of sp³-hybridized carbons (Fsp3) is 0.407. The van der Waals surface area contributed by atoms with Crippen LogP contribution < -0.4 is 10.6 Å². The maximum Gasteiger partial charge on any atom is 0.242 e. The summed E-state index contributed by atoms with van der Waals surface area (Å²) in [5.74, 6) is -0.915. The van der Waals surface area contributed by atoms with E-state index in [1.165, 1.54) is 35.0 Å². The summed E-state index contributed by atoms with van der Waals surface area (Å²) in [5.41, 5.74) is 0.882. The van der Waals surface area contributed by atoms with Gasteiger partial charge in [-0.2, -0.15) is 4.98 Å². The molecular weight excluding hydrogens is 574 g/mol. The summed E-state index contributed by atoms with van der Waals surface area (Å²) >= 11 is 0. The fourth-order valence-electron chi connectivity index (χ4n) is 4.60. The molecule has 0 aliphatic carbocycles. The molecule has 41 heavy (non-hydrogen) atoms. The number of sulfonamides is 1. The first-order valence-electron chi connectivity index (χ1n) is 13.2. The number of hydrogen-bond acceptors (Lipinski definition) is 9. The van der Waals surface area contributed by atoms with Crippen LogP contribution in [-0.2, 0) is 19.9 Å². The Morgan fingerprint density at radius 3 is 2.44 bits per heavy atom. The predicted molar refractivity (Wildman–Crippen MR) is 155 cm³/mol. The van der Waals surface area contributed by atoms with Gasteiger partial charge in [0.25, 0.3) is 0 Å². The van der Waals surface area contributed by atoms with Gasteiger partial charge in [-0.05, 0) is 74.2 Å². The summed E-state index contributed by atoms with van der Waals surface area (Å²) in [7, 11) is -5.17. The molecule has 1 unspecified atom stereocenters. The van der Waals surface area contributed by atoms with Gasteiger partial charge in [0.1, 0.15) is 15.7 Å². The van der Waals surface area contributed by atoms with Gasteiger partial charge in [0.2, 0.25) is 16.0 Å². The molecule has 0 spiro atoms. The molecule has 0 radical (unpaired) electrons. The molecule has 222 valence electrons. The van der Waals surface area contributed by atoms with Crippen LogP contribution in [0.2, 0.25) is 0 Å². The molecule has 1 aromatic heterocycles. The first-order valence-corrected chi connectivity index (χ1v) is 16.7. The Morgan fingerprint density at radius 2 is 1.73 bits per heavy atom. The number of piperidine rings is 1. The summed E-state index contributed by atoms with van der Waals surface area (Å²) in [6.07, 6.45) is 5.37. The van der Waals surface area contributed by atoms with Gasteiger partial charge in [-0.15, -0.1) is 0 Å². The standard InChI is InChI=1S/C27H34F2N6O4S2/c1-34(15-12-20-4-3-14-35(19-20)16-17-40(2,36)37)41(38,39)23-8-5-21(6-9-23)32-27-30-13-11-26(33-27)31-22-7-10-24(28)25(29)18-22/h5-11,13,18,20H,3-4,12,14-17,19H2,1-2H3,(H2,30,31,32,33). The normalized spacial score (nSPS) is 16.6. The molecular formula is C27H34F2N6O4S2. The van der Waals surface area contributed by atoms with Crippen molar-refractivity contribution in [2.24, 2.45) is 5.92 Å². The van der Waals surface area contributed by atoms with Crippen molar-refractivity contribution in [1.29, 1.82) is 0 Å². The van der Waals surface area contributed by atoms with Gasteiger partial charge in [0.05, 0.1) is 10.6 Å². The van der Waals surface area contributed by atoms with Gasteiger partial charge in [-0.1, -0.05) is 0 Å². The summed E-state index contributed by atoms with van der Waals surface area (Å²) in [6, 6.07) is 11.2. The van der Waals surface area contributed by atoms with Gasteiger partial charge in [-0.3, -0.25) is 0 Å². The molecule has 1 saturated heterocycles. The van der Waals surface area contributed by atoms with Crippen molar-refractivity contribution in [3.63, 3.8) is 0 Å². The monoisotopic (exact) mass is 608 g/mol. The van der Waals surface area contributed by atoms with Crippen LogP contribution in [0.5, 0.6) is 0 Å². The van der Waals surface area contributed by atoms with E-state index in [9.17, 15) is 25.6 Å². The number of anilines is 4. The second kappa shape index (κ2) is 13.2. The van der Waals surface area contributed by atoms with E-state index in [1.807, 2.05) is 0 Å². The largest absolute Gasteiger partial charge is 0.340 e. The Hall–Kier alpha value is -3.20. The molecule has 0 saturated carbocycles. The molecule has 2 aromatic carbocycles. The van der Waals surface area contributed by atoms with E-state index >= 15 is 0 Å². The van der Waals surface area contributed by atoms with E-state index in [1.54, 1.807) is 25.2 Å². The lowest BCUT2D eigenvalue weighted by molar-refractivity contribution is 0.173. The van der Waals surface area contributed by atoms with Crippen LogP contribution in [0.3, 0.4) is 0 Å². The van der Waals surface area contributed by atoms with Gasteiger partial charge in [0.15, 0.2) is 11.6 Å². The van der Waals surface area contributed by atoms with E-state index in [-0.39, 0.29) is 16.6 Å². The highest BCUT2D eigenvalue weighted by atomic mass is 32.2. The van der Waals surface area contributed by atoms with Crippen LogP contribution in [0.1, 0.15) is 19.3 Å².